The van der Waals surface area contributed by atoms with Crippen LogP contribution < -0.4 is 10.6 Å². The number of hydrogen-bond acceptors (Lipinski definition) is 6. The Kier molecular flexibility index (Phi) is 5.73. The number of fused-ring (bicyclic) bond motifs is 1. The summed E-state index contributed by atoms with van der Waals surface area (Å²) >= 11 is 1.49. The molecule has 8 heteroatoms. The normalized spacial score (nSPS) is 12.9. The molecule has 2 amide bonds. The summed E-state index contributed by atoms with van der Waals surface area (Å²) in [6.45, 7) is 4.56. The van der Waals surface area contributed by atoms with E-state index in [9.17, 15) is 9.59 Å². The summed E-state index contributed by atoms with van der Waals surface area (Å²) in [7, 11) is 1.63. The monoisotopic (exact) mass is 377 g/mol. The average Bonchev–Trinajstić information content (AvgIpc) is 3.26. The van der Waals surface area contributed by atoms with Gasteiger partial charge in [0.05, 0.1) is 11.3 Å². The van der Waals surface area contributed by atoms with E-state index in [0.717, 1.165) is 31.2 Å². The standard InChI is InChI=1S/C18H23N3O4S/c1-10-14(11(2)25-21-10)17(23)20-18-15(12-6-4-7-13(12)26-18)16(22)19-8-5-9-24-3/h4-9H2,1-3H3,(H,19,22)(H,20,23). The molecule has 0 unspecified atom stereocenters. The van der Waals surface area contributed by atoms with Crippen LogP contribution in [-0.4, -0.2) is 37.2 Å². The lowest BCUT2D eigenvalue weighted by Gasteiger charge is -2.09. The first-order valence-electron chi connectivity index (χ1n) is 8.68. The van der Waals surface area contributed by atoms with Crippen LogP contribution in [0.2, 0.25) is 0 Å². The second kappa shape index (κ2) is 8.01. The van der Waals surface area contributed by atoms with Gasteiger partial charge < -0.3 is 19.9 Å². The number of aryl methyl sites for hydroxylation is 3. The van der Waals surface area contributed by atoms with Gasteiger partial charge >= 0.3 is 0 Å². The zero-order valence-corrected chi connectivity index (χ0v) is 16.0. The lowest BCUT2D eigenvalue weighted by Crippen LogP contribution is -2.27. The maximum atomic E-state index is 12.7. The molecule has 3 rings (SSSR count). The largest absolute Gasteiger partial charge is 0.385 e. The van der Waals surface area contributed by atoms with Gasteiger partial charge in [0.25, 0.3) is 11.8 Å². The zero-order chi connectivity index (χ0) is 18.7. The second-order valence-electron chi connectivity index (χ2n) is 6.32. The van der Waals surface area contributed by atoms with Crippen molar-refractivity contribution in [1.29, 1.82) is 0 Å². The van der Waals surface area contributed by atoms with Gasteiger partial charge in [0, 0.05) is 25.1 Å². The molecule has 0 saturated carbocycles. The molecular weight excluding hydrogens is 354 g/mol. The van der Waals surface area contributed by atoms with Gasteiger partial charge in [-0.2, -0.15) is 0 Å². The number of nitrogens with one attached hydrogen (secondary N) is 2. The lowest BCUT2D eigenvalue weighted by molar-refractivity contribution is 0.0949. The van der Waals surface area contributed by atoms with Gasteiger partial charge in [0.15, 0.2) is 0 Å². The van der Waals surface area contributed by atoms with E-state index in [-0.39, 0.29) is 11.8 Å². The molecule has 2 aromatic heterocycles. The molecule has 2 N–H and O–H groups in total. The molecule has 0 saturated heterocycles. The van der Waals surface area contributed by atoms with E-state index < -0.39 is 0 Å². The van der Waals surface area contributed by atoms with E-state index in [1.54, 1.807) is 21.0 Å². The molecule has 7 nitrogen and oxygen atoms in total. The smallest absolute Gasteiger partial charge is 0.261 e. The summed E-state index contributed by atoms with van der Waals surface area (Å²) in [6.07, 6.45) is 3.61. The Bertz CT molecular complexity index is 805. The fraction of sp³-hybridized carbons (Fsp3) is 0.500. The van der Waals surface area contributed by atoms with Crippen molar-refractivity contribution in [2.75, 3.05) is 25.6 Å². The van der Waals surface area contributed by atoms with E-state index in [2.05, 4.69) is 15.8 Å². The number of aromatic nitrogens is 1. The van der Waals surface area contributed by atoms with Gasteiger partial charge in [0.2, 0.25) is 0 Å². The second-order valence-corrected chi connectivity index (χ2v) is 7.42. The van der Waals surface area contributed by atoms with Crippen LogP contribution in [0.1, 0.15) is 55.5 Å². The summed E-state index contributed by atoms with van der Waals surface area (Å²) < 4.78 is 10.1. The van der Waals surface area contributed by atoms with Gasteiger partial charge in [-0.05, 0) is 45.1 Å². The van der Waals surface area contributed by atoms with Crippen molar-refractivity contribution >= 4 is 28.2 Å². The van der Waals surface area contributed by atoms with Crippen molar-refractivity contribution in [3.05, 3.63) is 33.0 Å². The predicted molar refractivity (Wildman–Crippen MR) is 99.1 cm³/mol. The Balaban J connectivity index is 1.81. The number of rotatable bonds is 7. The fourth-order valence-corrected chi connectivity index (χ4v) is 4.49. The first-order chi connectivity index (χ1) is 12.5. The highest BCUT2D eigenvalue weighted by Gasteiger charge is 2.28. The van der Waals surface area contributed by atoms with Crippen molar-refractivity contribution in [3.63, 3.8) is 0 Å². The molecule has 0 atom stereocenters. The highest BCUT2D eigenvalue weighted by Crippen LogP contribution is 2.39. The third-order valence-corrected chi connectivity index (χ3v) is 5.65. The number of ether oxygens (including phenoxy) is 1. The summed E-state index contributed by atoms with van der Waals surface area (Å²) in [5.74, 6) is 0.0267. The summed E-state index contributed by atoms with van der Waals surface area (Å²) in [5, 5.41) is 10.2. The van der Waals surface area contributed by atoms with Crippen LogP contribution in [0.4, 0.5) is 5.00 Å². The molecule has 0 radical (unpaired) electrons. The summed E-state index contributed by atoms with van der Waals surface area (Å²) in [5.41, 5.74) is 2.62. The Morgan fingerprint density at radius 2 is 2.04 bits per heavy atom. The molecule has 0 bridgehead atoms. The SMILES string of the molecule is COCCCNC(=O)c1c(NC(=O)c2c(C)noc2C)sc2c1CCC2. The Labute approximate surface area is 156 Å². The number of methoxy groups -OCH3 is 1. The molecule has 1 aliphatic rings. The number of amides is 2. The topological polar surface area (TPSA) is 93.5 Å². The van der Waals surface area contributed by atoms with Crippen LogP contribution in [0, 0.1) is 13.8 Å². The first kappa shape index (κ1) is 18.6. The molecular formula is C18H23N3O4S. The van der Waals surface area contributed by atoms with Crippen molar-refractivity contribution in [2.45, 2.75) is 39.5 Å². The first-order valence-corrected chi connectivity index (χ1v) is 9.50. The van der Waals surface area contributed by atoms with Gasteiger partial charge in [-0.25, -0.2) is 0 Å². The van der Waals surface area contributed by atoms with Gasteiger partial charge in [-0.3, -0.25) is 9.59 Å². The number of thiophene rings is 1. The molecule has 0 spiro atoms. The van der Waals surface area contributed by atoms with Gasteiger partial charge in [-0.1, -0.05) is 5.16 Å². The van der Waals surface area contributed by atoms with E-state index in [1.165, 1.54) is 16.2 Å². The molecule has 0 aliphatic heterocycles. The number of nitrogens with zero attached hydrogens (tertiary/aromatic N) is 1. The number of hydrogen-bond donors (Lipinski definition) is 2. The van der Waals surface area contributed by atoms with E-state index in [4.69, 9.17) is 9.26 Å². The minimum Gasteiger partial charge on any atom is -0.385 e. The third-order valence-electron chi connectivity index (χ3n) is 4.45. The third kappa shape index (κ3) is 3.66. The zero-order valence-electron chi connectivity index (χ0n) is 15.2. The summed E-state index contributed by atoms with van der Waals surface area (Å²) in [6, 6.07) is 0. The molecule has 26 heavy (non-hydrogen) atoms. The highest BCUT2D eigenvalue weighted by molar-refractivity contribution is 7.17. The summed E-state index contributed by atoms with van der Waals surface area (Å²) in [4.78, 5) is 26.6. The maximum absolute atomic E-state index is 12.7. The fourth-order valence-electron chi connectivity index (χ4n) is 3.21. The molecule has 0 fully saturated rings. The number of anilines is 1. The molecule has 2 heterocycles. The van der Waals surface area contributed by atoms with Crippen LogP contribution in [0.25, 0.3) is 0 Å². The van der Waals surface area contributed by atoms with Crippen LogP contribution in [0.15, 0.2) is 4.52 Å². The molecule has 0 aromatic carbocycles. The number of carbonyl (C=O) groups excluding carboxylic acids is 2. The van der Waals surface area contributed by atoms with Crippen LogP contribution in [-0.2, 0) is 17.6 Å². The van der Waals surface area contributed by atoms with E-state index in [0.29, 0.717) is 40.7 Å². The van der Waals surface area contributed by atoms with Crippen LogP contribution >= 0.6 is 11.3 Å². The Morgan fingerprint density at radius 1 is 1.23 bits per heavy atom. The predicted octanol–water partition coefficient (Wildman–Crippen LogP) is 2.86. The van der Waals surface area contributed by atoms with Crippen molar-refractivity contribution in [1.82, 2.24) is 10.5 Å². The molecule has 2 aromatic rings. The lowest BCUT2D eigenvalue weighted by atomic mass is 10.1. The van der Waals surface area contributed by atoms with Gasteiger partial charge in [-0.15, -0.1) is 11.3 Å². The highest BCUT2D eigenvalue weighted by atomic mass is 32.1. The Morgan fingerprint density at radius 3 is 2.73 bits per heavy atom. The van der Waals surface area contributed by atoms with Crippen molar-refractivity contribution in [2.24, 2.45) is 0 Å². The van der Waals surface area contributed by atoms with E-state index >= 15 is 0 Å². The van der Waals surface area contributed by atoms with Crippen LogP contribution in [0.5, 0.6) is 0 Å². The van der Waals surface area contributed by atoms with Crippen molar-refractivity contribution < 1.29 is 18.8 Å². The average molecular weight is 377 g/mol. The van der Waals surface area contributed by atoms with E-state index in [1.807, 2.05) is 0 Å². The minimum atomic E-state index is -0.297. The minimum absolute atomic E-state index is 0.144. The molecule has 140 valence electrons. The van der Waals surface area contributed by atoms with Crippen molar-refractivity contribution in [3.8, 4) is 0 Å². The van der Waals surface area contributed by atoms with Gasteiger partial charge in [0.1, 0.15) is 16.3 Å². The maximum Gasteiger partial charge on any atom is 0.261 e. The number of carbonyl (C=O) groups is 2. The molecule has 1 aliphatic carbocycles. The quantitative estimate of drug-likeness (QED) is 0.724. The Hall–Kier alpha value is -2.19. The van der Waals surface area contributed by atoms with Crippen LogP contribution in [0.3, 0.4) is 0 Å².